The van der Waals surface area contributed by atoms with Gasteiger partial charge in [0.05, 0.1) is 27.9 Å². The van der Waals surface area contributed by atoms with Crippen LogP contribution in [0.3, 0.4) is 0 Å². The normalized spacial score (nSPS) is 15.7. The Morgan fingerprint density at radius 3 is 1.59 bits per heavy atom. The molecule has 0 radical (unpaired) electrons. The summed E-state index contributed by atoms with van der Waals surface area (Å²) in [5.41, 5.74) is 15.9. The highest BCUT2D eigenvalue weighted by Gasteiger charge is 2.38. The van der Waals surface area contributed by atoms with Crippen LogP contribution in [-0.4, -0.2) is 147 Å². The molecule has 3 heterocycles. The van der Waals surface area contributed by atoms with Crippen LogP contribution in [0.25, 0.3) is 10.9 Å². The highest BCUT2D eigenvalue weighted by Crippen LogP contribution is 2.44. The zero-order valence-corrected chi connectivity index (χ0v) is 67.9. The van der Waals surface area contributed by atoms with E-state index >= 15 is 9.59 Å². The van der Waals surface area contributed by atoms with E-state index in [-0.39, 0.29) is 72.9 Å². The lowest BCUT2D eigenvalue weighted by Gasteiger charge is -2.35. The molecule has 4 aromatic carbocycles. The van der Waals surface area contributed by atoms with Crippen molar-refractivity contribution in [2.45, 2.75) is 258 Å². The van der Waals surface area contributed by atoms with Gasteiger partial charge in [-0.2, -0.15) is 0 Å². The number of aldehydes is 1. The standard InChI is InChI=1S/C78H111N13O16S2/c1-43(2)38-52(42-92)85-69(96)59(26-23-37-82-73(80)90-109(102,103)67-47(6)45(4)65-55(49(67)8)33-35-78(18,19)106-65)86-62(94)40-83-68(95)58(25-22-36-81-72(79)89-108(100,101)66-46(5)44(3)64-54(48(66)7)32-34-77(16,17)105-64)87-70(97)60(39-51-28-30-53(31-29-51)104-75(10,11)12)88-71(98)63(84-50(9)93)57-41-91(74(99)107-76(13,14)15)61-27-21-20-24-56(57)61/h20-21,24,27-31,41-43,52,58-60,63H,22-23,25-26,32-40H2,1-19H3,(H,83,95)(H,84,93)(H,85,96)(H,86,94)(H,87,97)(H,88,98)(H3,79,81,89)(H3,80,82,90)/t52-,58?,59-,60-,63-/m0/s1. The third-order valence-electron chi connectivity index (χ3n) is 18.8. The number of sulfonamides is 2. The van der Waals surface area contributed by atoms with Gasteiger partial charge in [-0.3, -0.25) is 43.3 Å². The van der Waals surface area contributed by atoms with E-state index in [0.717, 1.165) is 11.1 Å². The van der Waals surface area contributed by atoms with Gasteiger partial charge in [0.1, 0.15) is 70.1 Å². The molecule has 1 unspecified atom stereocenters. The van der Waals surface area contributed by atoms with Gasteiger partial charge >= 0.3 is 6.09 Å². The number of para-hydroxylation sites is 1. The molecule has 12 N–H and O–H groups in total. The fourth-order valence-electron chi connectivity index (χ4n) is 13.4. The summed E-state index contributed by atoms with van der Waals surface area (Å²) in [6, 6.07) is 6.38. The van der Waals surface area contributed by atoms with Crippen LogP contribution in [0.4, 0.5) is 4.79 Å². The van der Waals surface area contributed by atoms with E-state index in [1.807, 2.05) is 62.3 Å². The molecule has 7 rings (SSSR count). The number of hydrogen-bond donors (Lipinski definition) is 10. The number of nitrogens with zero attached hydrogens (tertiary/aromatic N) is 3. The number of aromatic nitrogens is 1. The van der Waals surface area contributed by atoms with Gasteiger partial charge in [0.2, 0.25) is 47.4 Å². The van der Waals surface area contributed by atoms with Crippen LogP contribution in [0.2, 0.25) is 0 Å². The summed E-state index contributed by atoms with van der Waals surface area (Å²) in [6.07, 6.45) is 3.24. The molecule has 0 saturated carbocycles. The molecule has 5 aromatic rings. The van der Waals surface area contributed by atoms with Gasteiger partial charge in [-0.25, -0.2) is 31.1 Å². The maximum atomic E-state index is 15.2. The largest absolute Gasteiger partial charge is 0.488 e. The van der Waals surface area contributed by atoms with Crippen LogP contribution in [0, 0.1) is 47.5 Å². The number of rotatable bonds is 30. The summed E-state index contributed by atoms with van der Waals surface area (Å²) in [5.74, 6) is -4.27. The second-order valence-corrected chi connectivity index (χ2v) is 35.0. The fraction of sp³-hybridized carbons (Fsp3) is 0.538. The van der Waals surface area contributed by atoms with Crippen molar-refractivity contribution < 1.29 is 74.1 Å². The van der Waals surface area contributed by atoms with Crippen LogP contribution in [0.15, 0.2) is 74.5 Å². The average Bonchev–Trinajstić information content (AvgIpc) is 1.54. The van der Waals surface area contributed by atoms with Crippen molar-refractivity contribution in [3.05, 3.63) is 110 Å². The van der Waals surface area contributed by atoms with E-state index in [2.05, 4.69) is 51.3 Å². The first-order chi connectivity index (χ1) is 50.6. The lowest BCUT2D eigenvalue weighted by atomic mass is 9.88. The van der Waals surface area contributed by atoms with E-state index in [1.54, 1.807) is 111 Å². The van der Waals surface area contributed by atoms with Crippen molar-refractivity contribution >= 4 is 90.7 Å². The molecule has 0 saturated heterocycles. The molecule has 596 valence electrons. The fourth-order valence-corrected chi connectivity index (χ4v) is 16.4. The molecule has 2 aliphatic heterocycles. The number of amides is 6. The van der Waals surface area contributed by atoms with Crippen molar-refractivity contribution in [3.63, 3.8) is 0 Å². The maximum Gasteiger partial charge on any atom is 0.419 e. The summed E-state index contributed by atoms with van der Waals surface area (Å²) in [5, 5.41) is 16.4. The number of nitrogens with two attached hydrogens (primary N) is 2. The monoisotopic (exact) mass is 1550 g/mol. The first-order valence-corrected chi connectivity index (χ1v) is 39.7. The van der Waals surface area contributed by atoms with Gasteiger partial charge in [0.25, 0.3) is 20.0 Å². The van der Waals surface area contributed by atoms with Crippen molar-refractivity contribution in [2.75, 3.05) is 19.6 Å². The number of aliphatic imine (C=N–C) groups is 2. The minimum absolute atomic E-state index is 0.0176. The average molecular weight is 1550 g/mol. The van der Waals surface area contributed by atoms with Crippen molar-refractivity contribution in [1.29, 1.82) is 0 Å². The Balaban J connectivity index is 1.17. The highest BCUT2D eigenvalue weighted by atomic mass is 32.2. The van der Waals surface area contributed by atoms with Gasteiger partial charge in [-0.05, 0) is 243 Å². The number of nitrogens with one attached hydrogen (secondary N) is 8. The zero-order chi connectivity index (χ0) is 81.2. The minimum atomic E-state index is -4.36. The molecular weight excluding hydrogens is 1440 g/mol. The van der Waals surface area contributed by atoms with Gasteiger partial charge in [0.15, 0.2) is 0 Å². The number of carbonyl (C=O) groups excluding carboxylic acids is 8. The summed E-state index contributed by atoms with van der Waals surface area (Å²) in [6.45, 7) is 32.7. The quantitative estimate of drug-likeness (QED) is 0.00919. The van der Waals surface area contributed by atoms with Gasteiger partial charge in [-0.15, -0.1) is 0 Å². The SMILES string of the molecule is CC(=O)N[C@H](C(=O)N[C@@H](Cc1ccc(OC(C)(C)C)cc1)C(=O)NC(CCCN=C(N)NS(=O)(=O)c1c(C)c(C)c2c(c1C)CCC(C)(C)O2)C(=O)NCC(=O)N[C@@H](CCCN=C(N)NS(=O)(=O)c1c(C)c(C)c2c(c1C)CCC(C)(C)O2)C(=O)N[C@H](C=O)CC(C)C)c1cn(C(=O)OC(C)(C)C)c2ccccc12. The molecule has 5 atom stereocenters. The van der Waals surface area contributed by atoms with E-state index in [1.165, 1.54) is 17.7 Å². The Bertz CT molecular complexity index is 4570. The van der Waals surface area contributed by atoms with Crippen molar-refractivity contribution in [2.24, 2.45) is 27.4 Å². The number of carbonyl (C=O) groups is 8. The van der Waals surface area contributed by atoms with Crippen LogP contribution in [-0.2, 0) is 77.6 Å². The Hall–Kier alpha value is -9.78. The summed E-state index contributed by atoms with van der Waals surface area (Å²) >= 11 is 0. The van der Waals surface area contributed by atoms with Crippen LogP contribution in [0.1, 0.15) is 197 Å². The lowest BCUT2D eigenvalue weighted by Crippen LogP contribution is -2.57. The van der Waals surface area contributed by atoms with E-state index in [4.69, 9.17) is 30.4 Å². The van der Waals surface area contributed by atoms with Gasteiger partial charge in [-0.1, -0.05) is 44.2 Å². The molecule has 0 bridgehead atoms. The van der Waals surface area contributed by atoms with E-state index in [0.29, 0.717) is 99.1 Å². The first-order valence-electron chi connectivity index (χ1n) is 36.7. The molecule has 29 nitrogen and oxygen atoms in total. The molecular formula is C78H111N13O16S2. The second kappa shape index (κ2) is 35.3. The number of ether oxygens (including phenoxy) is 4. The van der Waals surface area contributed by atoms with Gasteiger partial charge in [0, 0.05) is 43.6 Å². The number of benzene rings is 4. The minimum Gasteiger partial charge on any atom is -0.488 e. The second-order valence-electron chi connectivity index (χ2n) is 31.8. The van der Waals surface area contributed by atoms with Crippen LogP contribution in [0.5, 0.6) is 17.2 Å². The highest BCUT2D eigenvalue weighted by molar-refractivity contribution is 7.90. The molecule has 0 spiro atoms. The lowest BCUT2D eigenvalue weighted by molar-refractivity contribution is -0.134. The predicted octanol–water partition coefficient (Wildman–Crippen LogP) is 7.53. The van der Waals surface area contributed by atoms with E-state index < -0.39 is 133 Å². The number of guanidine groups is 2. The van der Waals surface area contributed by atoms with Gasteiger partial charge < -0.3 is 67.1 Å². The Labute approximate surface area is 640 Å². The maximum absolute atomic E-state index is 15.2. The Morgan fingerprint density at radius 2 is 1.11 bits per heavy atom. The van der Waals surface area contributed by atoms with Crippen LogP contribution >= 0.6 is 0 Å². The Kier molecular flexibility index (Phi) is 28.0. The van der Waals surface area contributed by atoms with E-state index in [9.17, 15) is 45.6 Å². The predicted molar refractivity (Wildman–Crippen MR) is 416 cm³/mol. The number of fused-ring (bicyclic) bond motifs is 3. The van der Waals surface area contributed by atoms with Crippen LogP contribution < -0.4 is 67.0 Å². The first kappa shape index (κ1) is 86.5. The Morgan fingerprint density at radius 1 is 0.624 bits per heavy atom. The molecule has 31 heteroatoms. The topological polar surface area (TPSA) is 420 Å². The van der Waals surface area contributed by atoms with Crippen molar-refractivity contribution in [1.82, 2.24) is 45.9 Å². The summed E-state index contributed by atoms with van der Waals surface area (Å²) in [4.78, 5) is 121. The molecule has 0 fully saturated rings. The third kappa shape index (κ3) is 23.1. The zero-order valence-electron chi connectivity index (χ0n) is 66.3. The smallest absolute Gasteiger partial charge is 0.419 e. The molecule has 1 aromatic heterocycles. The molecule has 2 aliphatic rings. The molecule has 0 aliphatic carbocycles. The molecule has 6 amide bonds. The summed E-state index contributed by atoms with van der Waals surface area (Å²) < 4.78 is 86.9. The summed E-state index contributed by atoms with van der Waals surface area (Å²) in [7, 11) is -8.64. The molecule has 109 heavy (non-hydrogen) atoms. The van der Waals surface area contributed by atoms with Crippen molar-refractivity contribution in [3.8, 4) is 17.2 Å². The third-order valence-corrected chi connectivity index (χ3v) is 22.1. The number of hydrogen-bond acceptors (Lipinski definition) is 18.